The normalized spacial score (nSPS) is 11.7. The molecule has 0 radical (unpaired) electrons. The summed E-state index contributed by atoms with van der Waals surface area (Å²) in [7, 11) is 0. The van der Waals surface area contributed by atoms with Crippen LogP contribution in [0.1, 0.15) is 28.5 Å². The van der Waals surface area contributed by atoms with E-state index in [9.17, 15) is 18.0 Å². The third kappa shape index (κ3) is 3.27. The number of hydrogen-bond acceptors (Lipinski definition) is 1. The summed E-state index contributed by atoms with van der Waals surface area (Å²) < 4.78 is 37.6. The first-order valence-corrected chi connectivity index (χ1v) is 7.47. The second-order valence-electron chi connectivity index (χ2n) is 5.48. The van der Waals surface area contributed by atoms with Crippen molar-refractivity contribution in [3.05, 3.63) is 65.4 Å². The lowest BCUT2D eigenvalue weighted by atomic mass is 10.1. The van der Waals surface area contributed by atoms with Crippen molar-refractivity contribution in [2.45, 2.75) is 19.5 Å². The second kappa shape index (κ2) is 6.03. The summed E-state index contributed by atoms with van der Waals surface area (Å²) in [4.78, 5) is 15.4. The van der Waals surface area contributed by atoms with Gasteiger partial charge in [-0.2, -0.15) is 13.2 Å². The maximum absolute atomic E-state index is 12.5. The molecule has 1 amide bonds. The number of carbonyl (C=O) groups excluding carboxylic acids is 1. The van der Waals surface area contributed by atoms with Crippen LogP contribution >= 0.6 is 0 Å². The number of hydrogen-bond donors (Lipinski definition) is 2. The Labute approximate surface area is 136 Å². The van der Waals surface area contributed by atoms with Crippen LogP contribution in [-0.4, -0.2) is 10.9 Å². The van der Waals surface area contributed by atoms with E-state index in [1.54, 1.807) is 6.07 Å². The van der Waals surface area contributed by atoms with Crippen LogP contribution in [0, 0.1) is 0 Å². The Hall–Kier alpha value is -2.76. The van der Waals surface area contributed by atoms with Crippen LogP contribution in [0.2, 0.25) is 0 Å². The summed E-state index contributed by atoms with van der Waals surface area (Å²) in [6.07, 6.45) is -3.53. The smallest absolute Gasteiger partial charge is 0.358 e. The molecule has 24 heavy (non-hydrogen) atoms. The molecular formula is C18H15F3N2O. The molecule has 3 aromatic rings. The Morgan fingerprint density at radius 1 is 1.08 bits per heavy atom. The maximum atomic E-state index is 12.5. The first-order valence-electron chi connectivity index (χ1n) is 7.47. The van der Waals surface area contributed by atoms with Crippen LogP contribution in [0.4, 0.5) is 18.9 Å². The van der Waals surface area contributed by atoms with E-state index in [4.69, 9.17) is 0 Å². The molecule has 0 aliphatic heterocycles. The number of fused-ring (bicyclic) bond motifs is 1. The quantitative estimate of drug-likeness (QED) is 0.696. The summed E-state index contributed by atoms with van der Waals surface area (Å²) in [5.41, 5.74) is 2.05. The molecule has 0 aliphatic carbocycles. The van der Waals surface area contributed by atoms with E-state index in [1.807, 2.05) is 25.1 Å². The maximum Gasteiger partial charge on any atom is 0.416 e. The van der Waals surface area contributed by atoms with Gasteiger partial charge in [0.25, 0.3) is 5.91 Å². The molecule has 0 bridgehead atoms. The fraction of sp³-hybridized carbons (Fsp3) is 0.167. The molecule has 1 aromatic heterocycles. The zero-order chi connectivity index (χ0) is 17.3. The third-order valence-electron chi connectivity index (χ3n) is 3.79. The molecule has 0 spiro atoms. The van der Waals surface area contributed by atoms with Gasteiger partial charge in [-0.15, -0.1) is 0 Å². The minimum Gasteiger partial charge on any atom is -0.358 e. The van der Waals surface area contributed by atoms with Crippen LogP contribution in [0.25, 0.3) is 10.9 Å². The van der Waals surface area contributed by atoms with Crippen molar-refractivity contribution >= 4 is 22.5 Å². The number of alkyl halides is 3. The third-order valence-corrected chi connectivity index (χ3v) is 3.79. The standard InChI is InChI=1S/C18H15F3N2O/c1-2-14-9-12-10-15(7-8-16(12)22-14)23-17(24)11-3-5-13(6-4-11)18(19,20)21/h3-10,22H,2H2,1H3,(H,23,24). The number of halogens is 3. The number of nitrogens with one attached hydrogen (secondary N) is 2. The Balaban J connectivity index is 1.79. The van der Waals surface area contributed by atoms with Gasteiger partial charge in [0.15, 0.2) is 0 Å². The number of amides is 1. The van der Waals surface area contributed by atoms with Gasteiger partial charge < -0.3 is 10.3 Å². The highest BCUT2D eigenvalue weighted by Crippen LogP contribution is 2.29. The first-order chi connectivity index (χ1) is 11.4. The zero-order valence-electron chi connectivity index (χ0n) is 12.9. The number of benzene rings is 2. The molecular weight excluding hydrogens is 317 g/mol. The lowest BCUT2D eigenvalue weighted by Crippen LogP contribution is -2.12. The van der Waals surface area contributed by atoms with Crippen molar-refractivity contribution < 1.29 is 18.0 Å². The average Bonchev–Trinajstić information content (AvgIpc) is 2.96. The molecule has 0 saturated carbocycles. The Morgan fingerprint density at radius 3 is 2.42 bits per heavy atom. The van der Waals surface area contributed by atoms with Crippen molar-refractivity contribution in [3.63, 3.8) is 0 Å². The molecule has 2 aromatic carbocycles. The highest BCUT2D eigenvalue weighted by molar-refractivity contribution is 6.05. The van der Waals surface area contributed by atoms with E-state index < -0.39 is 17.6 Å². The van der Waals surface area contributed by atoms with Gasteiger partial charge in [-0.3, -0.25) is 4.79 Å². The highest BCUT2D eigenvalue weighted by Gasteiger charge is 2.30. The molecule has 6 heteroatoms. The molecule has 1 heterocycles. The fourth-order valence-electron chi connectivity index (χ4n) is 2.47. The summed E-state index contributed by atoms with van der Waals surface area (Å²) in [5, 5.41) is 3.67. The molecule has 0 fully saturated rings. The fourth-order valence-corrected chi connectivity index (χ4v) is 2.47. The van der Waals surface area contributed by atoms with Crippen LogP contribution in [0.15, 0.2) is 48.5 Å². The van der Waals surface area contributed by atoms with Crippen molar-refractivity contribution in [1.82, 2.24) is 4.98 Å². The molecule has 0 aliphatic rings. The molecule has 2 N–H and O–H groups in total. The molecule has 124 valence electrons. The van der Waals surface area contributed by atoms with Gasteiger partial charge in [-0.1, -0.05) is 6.92 Å². The van der Waals surface area contributed by atoms with Crippen LogP contribution in [-0.2, 0) is 12.6 Å². The van der Waals surface area contributed by atoms with Crippen molar-refractivity contribution in [3.8, 4) is 0 Å². The number of rotatable bonds is 3. The minimum absolute atomic E-state index is 0.173. The van der Waals surface area contributed by atoms with Crippen molar-refractivity contribution in [2.24, 2.45) is 0 Å². The monoisotopic (exact) mass is 332 g/mol. The Morgan fingerprint density at radius 2 is 1.79 bits per heavy atom. The molecule has 0 atom stereocenters. The minimum atomic E-state index is -4.41. The van der Waals surface area contributed by atoms with Gasteiger partial charge in [0.05, 0.1) is 5.56 Å². The second-order valence-corrected chi connectivity index (χ2v) is 5.48. The number of H-pyrrole nitrogens is 1. The van der Waals surface area contributed by atoms with E-state index in [0.29, 0.717) is 5.69 Å². The van der Waals surface area contributed by atoms with Crippen molar-refractivity contribution in [2.75, 3.05) is 5.32 Å². The van der Waals surface area contributed by atoms with Gasteiger partial charge >= 0.3 is 6.18 Å². The predicted molar refractivity (Wildman–Crippen MR) is 87.1 cm³/mol. The SMILES string of the molecule is CCc1cc2cc(NC(=O)c3ccc(C(F)(F)F)cc3)ccc2[nH]1. The topological polar surface area (TPSA) is 44.9 Å². The number of aromatic amines is 1. The largest absolute Gasteiger partial charge is 0.416 e. The van der Waals surface area contributed by atoms with Crippen LogP contribution in [0.5, 0.6) is 0 Å². The number of aryl methyl sites for hydroxylation is 1. The lowest BCUT2D eigenvalue weighted by Gasteiger charge is -2.08. The lowest BCUT2D eigenvalue weighted by molar-refractivity contribution is -0.137. The summed E-state index contributed by atoms with van der Waals surface area (Å²) in [5.74, 6) is -0.450. The van der Waals surface area contributed by atoms with Crippen LogP contribution in [0.3, 0.4) is 0 Å². The van der Waals surface area contributed by atoms with E-state index >= 15 is 0 Å². The number of aromatic nitrogens is 1. The van der Waals surface area contributed by atoms with E-state index in [1.165, 1.54) is 12.1 Å². The summed E-state index contributed by atoms with van der Waals surface area (Å²) >= 11 is 0. The molecule has 3 nitrogen and oxygen atoms in total. The molecule has 0 saturated heterocycles. The van der Waals surface area contributed by atoms with Crippen LogP contribution < -0.4 is 5.32 Å². The zero-order valence-corrected chi connectivity index (χ0v) is 12.9. The first kappa shape index (κ1) is 16.1. The average molecular weight is 332 g/mol. The van der Waals surface area contributed by atoms with E-state index in [0.717, 1.165) is 35.2 Å². The summed E-state index contributed by atoms with van der Waals surface area (Å²) in [6, 6.07) is 11.6. The Bertz CT molecular complexity index is 879. The van der Waals surface area contributed by atoms with E-state index in [2.05, 4.69) is 10.3 Å². The summed E-state index contributed by atoms with van der Waals surface area (Å²) in [6.45, 7) is 2.04. The number of anilines is 1. The van der Waals surface area contributed by atoms with E-state index in [-0.39, 0.29) is 5.56 Å². The van der Waals surface area contributed by atoms with Gasteiger partial charge in [-0.05, 0) is 55.0 Å². The highest BCUT2D eigenvalue weighted by atomic mass is 19.4. The van der Waals surface area contributed by atoms with Gasteiger partial charge in [0, 0.05) is 27.8 Å². The number of carbonyl (C=O) groups is 1. The van der Waals surface area contributed by atoms with Crippen molar-refractivity contribution in [1.29, 1.82) is 0 Å². The molecule has 0 unspecified atom stereocenters. The molecule has 3 rings (SSSR count). The van der Waals surface area contributed by atoms with Gasteiger partial charge in [0.2, 0.25) is 0 Å². The predicted octanol–water partition coefficient (Wildman–Crippen LogP) is 5.00. The van der Waals surface area contributed by atoms with Gasteiger partial charge in [0.1, 0.15) is 0 Å². The van der Waals surface area contributed by atoms with Gasteiger partial charge in [-0.25, -0.2) is 0 Å². The Kier molecular flexibility index (Phi) is 4.05.